The van der Waals surface area contributed by atoms with Crippen LogP contribution in [0, 0.1) is 17.0 Å². The van der Waals surface area contributed by atoms with Crippen LogP contribution in [0.3, 0.4) is 0 Å². The molecule has 0 unspecified atom stereocenters. The molecule has 0 atom stereocenters. The van der Waals surface area contributed by atoms with Gasteiger partial charge in [0.25, 0.3) is 5.91 Å². The van der Waals surface area contributed by atoms with E-state index in [1.165, 1.54) is 18.2 Å². The van der Waals surface area contributed by atoms with Crippen LogP contribution in [0.15, 0.2) is 60.7 Å². The van der Waals surface area contributed by atoms with E-state index in [1.807, 2.05) is 49.4 Å². The smallest absolute Gasteiger partial charge is 0.311 e. The predicted molar refractivity (Wildman–Crippen MR) is 138 cm³/mol. The molecule has 34 heavy (non-hydrogen) atoms. The number of hydrogen-bond acceptors (Lipinski definition) is 7. The van der Waals surface area contributed by atoms with E-state index >= 15 is 0 Å². The lowest BCUT2D eigenvalue weighted by Gasteiger charge is -2.13. The zero-order valence-electron chi connectivity index (χ0n) is 18.3. The highest BCUT2D eigenvalue weighted by Crippen LogP contribution is 2.32. The molecule has 1 aromatic heterocycles. The highest BCUT2D eigenvalue weighted by atomic mass is 32.1. The molecule has 0 aliphatic carbocycles. The number of carbonyl (C=O) groups is 1. The molecule has 0 saturated carbocycles. The number of thiocarbonyl (C=S) groups is 1. The van der Waals surface area contributed by atoms with E-state index in [9.17, 15) is 14.9 Å². The summed E-state index contributed by atoms with van der Waals surface area (Å²) in [7, 11) is 0. The highest BCUT2D eigenvalue weighted by Gasteiger charge is 2.19. The minimum atomic E-state index is -0.588. The van der Waals surface area contributed by atoms with Gasteiger partial charge in [-0.1, -0.05) is 24.3 Å². The molecule has 4 rings (SSSR count). The molecule has 0 bridgehead atoms. The van der Waals surface area contributed by atoms with Gasteiger partial charge in [-0.25, -0.2) is 4.98 Å². The number of amides is 1. The molecule has 1 heterocycles. The van der Waals surface area contributed by atoms with Crippen molar-refractivity contribution in [3.05, 3.63) is 81.9 Å². The van der Waals surface area contributed by atoms with Crippen molar-refractivity contribution in [2.45, 2.75) is 13.8 Å². The summed E-state index contributed by atoms with van der Waals surface area (Å²) >= 11 is 6.91. The van der Waals surface area contributed by atoms with Gasteiger partial charge in [-0.3, -0.25) is 20.2 Å². The minimum absolute atomic E-state index is 0.0751. The molecule has 1 amide bonds. The number of benzene rings is 3. The molecule has 0 aliphatic rings. The number of hydrogen-bond donors (Lipinski definition) is 2. The van der Waals surface area contributed by atoms with Crippen LogP contribution in [-0.2, 0) is 0 Å². The first kappa shape index (κ1) is 23.3. The molecule has 8 nitrogen and oxygen atoms in total. The normalized spacial score (nSPS) is 10.6. The molecule has 0 saturated heterocycles. The van der Waals surface area contributed by atoms with Gasteiger partial charge in [0.1, 0.15) is 5.01 Å². The number of fused-ring (bicyclic) bond motifs is 1. The Hall–Kier alpha value is -3.89. The van der Waals surface area contributed by atoms with Crippen LogP contribution in [0.1, 0.15) is 22.8 Å². The SMILES string of the molecule is CCOc1ccc(C(=O)NC(=S)Nc2cc(-c3nc4ccccc4s3)ccc2C)cc1[N+](=O)[O-]. The monoisotopic (exact) mass is 492 g/mol. The molecule has 4 aromatic rings. The Morgan fingerprint density at radius 2 is 1.97 bits per heavy atom. The number of rotatable bonds is 6. The third-order valence-corrected chi connectivity index (χ3v) is 6.26. The van der Waals surface area contributed by atoms with E-state index in [-0.39, 0.29) is 28.7 Å². The minimum Gasteiger partial charge on any atom is -0.487 e. The summed E-state index contributed by atoms with van der Waals surface area (Å²) in [5.74, 6) is -0.462. The average Bonchev–Trinajstić information content (AvgIpc) is 3.25. The van der Waals surface area contributed by atoms with Crippen molar-refractivity contribution in [2.75, 3.05) is 11.9 Å². The zero-order chi connectivity index (χ0) is 24.2. The molecule has 3 aromatic carbocycles. The third kappa shape index (κ3) is 5.03. The standard InChI is InChI=1S/C24H20N4O4S2/c1-3-32-20-11-10-15(13-19(20)28(30)31)22(29)27-24(33)26-18-12-16(9-8-14(18)2)23-25-17-6-4-5-7-21(17)34-23/h4-13H,3H2,1-2H3,(H2,26,27,29,33). The second-order valence-electron chi connectivity index (χ2n) is 7.30. The lowest BCUT2D eigenvalue weighted by molar-refractivity contribution is -0.385. The summed E-state index contributed by atoms with van der Waals surface area (Å²) in [5, 5.41) is 17.9. The van der Waals surface area contributed by atoms with Crippen molar-refractivity contribution in [1.82, 2.24) is 10.3 Å². The molecule has 0 fully saturated rings. The first-order valence-electron chi connectivity index (χ1n) is 10.4. The number of para-hydroxylation sites is 1. The molecule has 0 aliphatic heterocycles. The van der Waals surface area contributed by atoms with Crippen molar-refractivity contribution in [2.24, 2.45) is 0 Å². The van der Waals surface area contributed by atoms with Crippen LogP contribution < -0.4 is 15.4 Å². The van der Waals surface area contributed by atoms with E-state index in [2.05, 4.69) is 15.6 Å². The summed E-state index contributed by atoms with van der Waals surface area (Å²) in [6.45, 7) is 3.92. The Labute approximate surface area is 204 Å². The van der Waals surface area contributed by atoms with Gasteiger partial charge in [-0.15, -0.1) is 11.3 Å². The Bertz CT molecular complexity index is 1380. The van der Waals surface area contributed by atoms with Gasteiger partial charge < -0.3 is 10.1 Å². The fourth-order valence-electron chi connectivity index (χ4n) is 3.29. The maximum atomic E-state index is 12.7. The zero-order valence-corrected chi connectivity index (χ0v) is 20.0. The molecule has 0 radical (unpaired) electrons. The number of nitro benzene ring substituents is 1. The van der Waals surface area contributed by atoms with Crippen molar-refractivity contribution in [3.63, 3.8) is 0 Å². The summed E-state index contributed by atoms with van der Waals surface area (Å²) in [6, 6.07) is 17.8. The number of carbonyl (C=O) groups excluding carboxylic acids is 1. The molecule has 0 spiro atoms. The van der Waals surface area contributed by atoms with Crippen LogP contribution in [0.5, 0.6) is 5.75 Å². The highest BCUT2D eigenvalue weighted by molar-refractivity contribution is 7.80. The number of thiazole rings is 1. The molecular weight excluding hydrogens is 472 g/mol. The van der Waals surface area contributed by atoms with Gasteiger partial charge in [0, 0.05) is 22.9 Å². The van der Waals surface area contributed by atoms with Crippen LogP contribution in [0.4, 0.5) is 11.4 Å². The van der Waals surface area contributed by atoms with Gasteiger partial charge in [0.15, 0.2) is 10.9 Å². The van der Waals surface area contributed by atoms with Gasteiger partial charge in [0.05, 0.1) is 21.7 Å². The molecule has 10 heteroatoms. The van der Waals surface area contributed by atoms with Gasteiger partial charge in [0.2, 0.25) is 0 Å². The Morgan fingerprint density at radius 3 is 2.71 bits per heavy atom. The molecule has 172 valence electrons. The topological polar surface area (TPSA) is 106 Å². The van der Waals surface area contributed by atoms with Crippen LogP contribution in [0.2, 0.25) is 0 Å². The lowest BCUT2D eigenvalue weighted by Crippen LogP contribution is -2.34. The Kier molecular flexibility index (Phi) is 6.80. The Balaban J connectivity index is 1.50. The number of nitrogens with zero attached hydrogens (tertiary/aromatic N) is 2. The van der Waals surface area contributed by atoms with Gasteiger partial charge in [-0.2, -0.15) is 0 Å². The summed E-state index contributed by atoms with van der Waals surface area (Å²) in [6.07, 6.45) is 0. The lowest BCUT2D eigenvalue weighted by atomic mass is 10.1. The quantitative estimate of drug-likeness (QED) is 0.202. The van der Waals surface area contributed by atoms with Gasteiger partial charge >= 0.3 is 5.69 Å². The van der Waals surface area contributed by atoms with Crippen LogP contribution >= 0.6 is 23.6 Å². The summed E-state index contributed by atoms with van der Waals surface area (Å²) in [5.41, 5.74) is 3.32. The fraction of sp³-hybridized carbons (Fsp3) is 0.125. The largest absolute Gasteiger partial charge is 0.487 e. The number of aryl methyl sites for hydroxylation is 1. The van der Waals surface area contributed by atoms with Crippen molar-refractivity contribution < 1.29 is 14.5 Å². The number of nitro groups is 1. The van der Waals surface area contributed by atoms with E-state index < -0.39 is 10.8 Å². The van der Waals surface area contributed by atoms with E-state index in [0.29, 0.717) is 0 Å². The van der Waals surface area contributed by atoms with Gasteiger partial charge in [-0.05, 0) is 62.0 Å². The third-order valence-electron chi connectivity index (χ3n) is 4.97. The number of nitrogens with one attached hydrogen (secondary N) is 2. The first-order chi connectivity index (χ1) is 16.4. The maximum absolute atomic E-state index is 12.7. The maximum Gasteiger partial charge on any atom is 0.311 e. The summed E-state index contributed by atoms with van der Waals surface area (Å²) in [4.78, 5) is 28.1. The number of aromatic nitrogens is 1. The fourth-order valence-corrected chi connectivity index (χ4v) is 4.46. The number of ether oxygens (including phenoxy) is 1. The van der Waals surface area contributed by atoms with E-state index in [0.717, 1.165) is 32.0 Å². The first-order valence-corrected chi connectivity index (χ1v) is 11.6. The average molecular weight is 493 g/mol. The van der Waals surface area contributed by atoms with E-state index in [4.69, 9.17) is 17.0 Å². The van der Waals surface area contributed by atoms with Crippen molar-refractivity contribution >= 4 is 56.2 Å². The van der Waals surface area contributed by atoms with Crippen molar-refractivity contribution in [1.29, 1.82) is 0 Å². The van der Waals surface area contributed by atoms with Crippen molar-refractivity contribution in [3.8, 4) is 16.3 Å². The number of anilines is 1. The van der Waals surface area contributed by atoms with Crippen LogP contribution in [0.25, 0.3) is 20.8 Å². The summed E-state index contributed by atoms with van der Waals surface area (Å²) < 4.78 is 6.35. The second kappa shape index (κ2) is 9.94. The molecular formula is C24H20N4O4S2. The second-order valence-corrected chi connectivity index (χ2v) is 8.74. The van der Waals surface area contributed by atoms with E-state index in [1.54, 1.807) is 18.3 Å². The molecule has 2 N–H and O–H groups in total. The Morgan fingerprint density at radius 1 is 1.18 bits per heavy atom. The van der Waals surface area contributed by atoms with Crippen LogP contribution in [-0.4, -0.2) is 27.5 Å². The predicted octanol–water partition coefficient (Wildman–Crippen LogP) is 5.71.